The molecular weight excluding hydrogens is 378 g/mol. The van der Waals surface area contributed by atoms with Gasteiger partial charge in [-0.25, -0.2) is 9.59 Å². The topological polar surface area (TPSA) is 121 Å². The Hall–Kier alpha value is -3.17. The summed E-state index contributed by atoms with van der Waals surface area (Å²) in [5, 5.41) is 5.31. The van der Waals surface area contributed by atoms with E-state index in [0.717, 1.165) is 0 Å². The Kier molecular flexibility index (Phi) is 7.52. The van der Waals surface area contributed by atoms with Crippen molar-refractivity contribution in [3.8, 4) is 0 Å². The van der Waals surface area contributed by atoms with Crippen LogP contribution in [0.25, 0.3) is 0 Å². The highest BCUT2D eigenvalue weighted by molar-refractivity contribution is 5.96. The number of carbonyl (C=O) groups excluding carboxylic acids is 4. The molecule has 2 unspecified atom stereocenters. The number of methoxy groups -OCH3 is 1. The number of hydrogen-bond donors (Lipinski definition) is 2. The predicted octanol–water partition coefficient (Wildman–Crippen LogP) is 0.00370. The van der Waals surface area contributed by atoms with Crippen LogP contribution in [0.1, 0.15) is 31.1 Å². The molecule has 2 N–H and O–H groups in total. The lowest BCUT2D eigenvalue weighted by Gasteiger charge is -2.40. The maximum Gasteiger partial charge on any atom is 0.328 e. The zero-order valence-electron chi connectivity index (χ0n) is 17.0. The van der Waals surface area contributed by atoms with Gasteiger partial charge in [0.25, 0.3) is 5.91 Å². The molecular formula is C19H27N5O5. The van der Waals surface area contributed by atoms with Gasteiger partial charge in [-0.2, -0.15) is 0 Å². The van der Waals surface area contributed by atoms with Crippen molar-refractivity contribution in [1.82, 2.24) is 25.4 Å². The molecule has 29 heavy (non-hydrogen) atoms. The van der Waals surface area contributed by atoms with Crippen molar-refractivity contribution < 1.29 is 23.9 Å². The maximum absolute atomic E-state index is 12.8. The Bertz CT molecular complexity index is 755. The monoisotopic (exact) mass is 405 g/mol. The van der Waals surface area contributed by atoms with Gasteiger partial charge < -0.3 is 25.2 Å². The Morgan fingerprint density at radius 2 is 1.90 bits per heavy atom. The van der Waals surface area contributed by atoms with Crippen LogP contribution in [-0.2, 0) is 14.3 Å². The first-order valence-corrected chi connectivity index (χ1v) is 9.39. The summed E-state index contributed by atoms with van der Waals surface area (Å²) in [6.45, 7) is 5.57. The number of urea groups is 1. The fourth-order valence-electron chi connectivity index (χ4n) is 2.98. The molecule has 1 aliphatic heterocycles. The summed E-state index contributed by atoms with van der Waals surface area (Å²) in [6.07, 6.45) is 3.02. The van der Waals surface area contributed by atoms with Crippen LogP contribution in [0.5, 0.6) is 0 Å². The van der Waals surface area contributed by atoms with Gasteiger partial charge in [0.05, 0.1) is 19.2 Å². The molecule has 0 saturated carbocycles. The van der Waals surface area contributed by atoms with Gasteiger partial charge in [-0.05, 0) is 32.9 Å². The minimum absolute atomic E-state index is 0.00102. The molecule has 1 aliphatic rings. The molecule has 0 aromatic carbocycles. The Labute approximate surface area is 169 Å². The summed E-state index contributed by atoms with van der Waals surface area (Å²) < 4.78 is 4.63. The Morgan fingerprint density at radius 1 is 1.17 bits per heavy atom. The van der Waals surface area contributed by atoms with E-state index in [2.05, 4.69) is 20.4 Å². The summed E-state index contributed by atoms with van der Waals surface area (Å²) >= 11 is 0. The third-order valence-corrected chi connectivity index (χ3v) is 4.47. The van der Waals surface area contributed by atoms with Crippen LogP contribution in [-0.4, -0.2) is 83.5 Å². The molecule has 0 bridgehead atoms. The van der Waals surface area contributed by atoms with E-state index < -0.39 is 30.0 Å². The highest BCUT2D eigenvalue weighted by atomic mass is 16.5. The zero-order valence-corrected chi connectivity index (χ0v) is 17.0. The zero-order chi connectivity index (χ0) is 21.6. The molecule has 10 nitrogen and oxygen atoms in total. The maximum atomic E-state index is 12.8. The summed E-state index contributed by atoms with van der Waals surface area (Å²) in [6, 6.07) is 0.945. The highest BCUT2D eigenvalue weighted by Gasteiger charge is 2.38. The van der Waals surface area contributed by atoms with Crippen molar-refractivity contribution >= 4 is 23.8 Å². The summed E-state index contributed by atoms with van der Waals surface area (Å²) in [5.74, 6) is -1.41. The second-order valence-electron chi connectivity index (χ2n) is 7.06. The number of nitrogens with one attached hydrogen (secondary N) is 2. The summed E-state index contributed by atoms with van der Waals surface area (Å²) in [4.78, 5) is 56.7. The van der Waals surface area contributed by atoms with Crippen molar-refractivity contribution in [2.75, 3.05) is 26.7 Å². The highest BCUT2D eigenvalue weighted by Crippen LogP contribution is 2.14. The van der Waals surface area contributed by atoms with Crippen molar-refractivity contribution in [3.05, 3.63) is 30.1 Å². The normalized spacial score (nSPS) is 17.5. The molecule has 0 aliphatic carbocycles. The first kappa shape index (κ1) is 22.1. The quantitative estimate of drug-likeness (QED) is 0.666. The van der Waals surface area contributed by atoms with Crippen LogP contribution in [0, 0.1) is 0 Å². The van der Waals surface area contributed by atoms with Crippen molar-refractivity contribution in [2.45, 2.75) is 38.9 Å². The summed E-state index contributed by atoms with van der Waals surface area (Å²) in [5.41, 5.74) is 0.398. The molecule has 1 aromatic rings. The standard InChI is InChI=1S/C19H27N5O5/c1-12(2)21-19(28)24-9-8-23(17(26)14-6-5-7-20-10-14)11-15(24)16(25)22-13(3)18(27)29-4/h5-7,10,12-13,15H,8-9,11H2,1-4H3,(H,21,28)(H,22,25). The van der Waals surface area contributed by atoms with E-state index in [-0.39, 0.29) is 31.6 Å². The predicted molar refractivity (Wildman–Crippen MR) is 104 cm³/mol. The van der Waals surface area contributed by atoms with E-state index in [4.69, 9.17) is 0 Å². The number of nitrogens with zero attached hydrogens (tertiary/aromatic N) is 3. The van der Waals surface area contributed by atoms with Crippen molar-refractivity contribution in [3.63, 3.8) is 0 Å². The minimum Gasteiger partial charge on any atom is -0.467 e. The van der Waals surface area contributed by atoms with Crippen LogP contribution < -0.4 is 10.6 Å². The number of piperazine rings is 1. The fraction of sp³-hybridized carbons (Fsp3) is 0.526. The number of rotatable bonds is 5. The Morgan fingerprint density at radius 3 is 2.48 bits per heavy atom. The molecule has 1 aromatic heterocycles. The molecule has 1 saturated heterocycles. The van der Waals surface area contributed by atoms with E-state index in [9.17, 15) is 19.2 Å². The number of hydrogen-bond acceptors (Lipinski definition) is 6. The Balaban J connectivity index is 2.20. The van der Waals surface area contributed by atoms with Gasteiger partial charge in [-0.1, -0.05) is 0 Å². The molecule has 2 rings (SSSR count). The molecule has 0 radical (unpaired) electrons. The lowest BCUT2D eigenvalue weighted by Crippen LogP contribution is -2.64. The number of aromatic nitrogens is 1. The molecule has 0 spiro atoms. The van der Waals surface area contributed by atoms with Gasteiger partial charge in [0.2, 0.25) is 5.91 Å². The second-order valence-corrected chi connectivity index (χ2v) is 7.06. The van der Waals surface area contributed by atoms with Gasteiger partial charge >= 0.3 is 12.0 Å². The second kappa shape index (κ2) is 9.85. The third kappa shape index (κ3) is 5.66. The van der Waals surface area contributed by atoms with E-state index in [1.807, 2.05) is 13.8 Å². The average Bonchev–Trinajstić information content (AvgIpc) is 2.72. The first-order valence-electron chi connectivity index (χ1n) is 9.39. The number of amides is 4. The molecule has 10 heteroatoms. The third-order valence-electron chi connectivity index (χ3n) is 4.47. The van der Waals surface area contributed by atoms with Crippen LogP contribution in [0.2, 0.25) is 0 Å². The van der Waals surface area contributed by atoms with E-state index in [1.165, 1.54) is 30.0 Å². The largest absolute Gasteiger partial charge is 0.467 e. The first-order chi connectivity index (χ1) is 13.7. The van der Waals surface area contributed by atoms with Crippen LogP contribution in [0.4, 0.5) is 4.79 Å². The molecule has 2 heterocycles. The number of pyridine rings is 1. The van der Waals surface area contributed by atoms with Crippen LogP contribution >= 0.6 is 0 Å². The van der Waals surface area contributed by atoms with Crippen molar-refractivity contribution in [1.29, 1.82) is 0 Å². The average molecular weight is 405 g/mol. The molecule has 2 atom stereocenters. The van der Waals surface area contributed by atoms with Crippen LogP contribution in [0.15, 0.2) is 24.5 Å². The van der Waals surface area contributed by atoms with E-state index >= 15 is 0 Å². The lowest BCUT2D eigenvalue weighted by molar-refractivity contribution is -0.145. The van der Waals surface area contributed by atoms with E-state index in [0.29, 0.717) is 5.56 Å². The van der Waals surface area contributed by atoms with Crippen molar-refractivity contribution in [2.24, 2.45) is 0 Å². The van der Waals surface area contributed by atoms with Gasteiger partial charge in [0.15, 0.2) is 0 Å². The summed E-state index contributed by atoms with van der Waals surface area (Å²) in [7, 11) is 1.22. The molecule has 4 amide bonds. The van der Waals surface area contributed by atoms with Gasteiger partial charge in [-0.3, -0.25) is 14.6 Å². The van der Waals surface area contributed by atoms with Gasteiger partial charge in [-0.15, -0.1) is 0 Å². The van der Waals surface area contributed by atoms with Gasteiger partial charge in [0.1, 0.15) is 12.1 Å². The van der Waals surface area contributed by atoms with Crippen LogP contribution in [0.3, 0.4) is 0 Å². The molecule has 1 fully saturated rings. The number of esters is 1. The number of ether oxygens (including phenoxy) is 1. The smallest absolute Gasteiger partial charge is 0.328 e. The van der Waals surface area contributed by atoms with E-state index in [1.54, 1.807) is 18.3 Å². The SMILES string of the molecule is COC(=O)C(C)NC(=O)C1CN(C(=O)c2cccnc2)CCN1C(=O)NC(C)C. The fourth-order valence-corrected chi connectivity index (χ4v) is 2.98. The lowest BCUT2D eigenvalue weighted by atomic mass is 10.1. The molecule has 158 valence electrons. The van der Waals surface area contributed by atoms with Gasteiger partial charge in [0, 0.05) is 31.5 Å². The minimum atomic E-state index is -0.949. The number of carbonyl (C=O) groups is 4.